The summed E-state index contributed by atoms with van der Waals surface area (Å²) in [4.78, 5) is 30.8. The Bertz CT molecular complexity index is 1490. The number of sulfonamides is 1. The van der Waals surface area contributed by atoms with Crippen LogP contribution < -0.4 is 9.62 Å². The molecule has 0 bridgehead atoms. The first kappa shape index (κ1) is 27.9. The van der Waals surface area contributed by atoms with Gasteiger partial charge in [-0.25, -0.2) is 8.42 Å². The highest BCUT2D eigenvalue weighted by Crippen LogP contribution is 2.38. The first-order chi connectivity index (χ1) is 18.6. The predicted octanol–water partition coefficient (Wildman–Crippen LogP) is 4.56. The zero-order valence-corrected chi connectivity index (χ0v) is 22.9. The quantitative estimate of drug-likeness (QED) is 0.212. The Morgan fingerprint density at radius 1 is 1.03 bits per heavy atom. The Hall–Kier alpha value is -4.09. The van der Waals surface area contributed by atoms with E-state index in [1.165, 1.54) is 22.5 Å². The number of nitro benzene ring substituents is 1. The third-order valence-electron chi connectivity index (χ3n) is 6.36. The monoisotopic (exact) mass is 549 g/mol. The molecule has 0 saturated carbocycles. The lowest BCUT2D eigenvalue weighted by Crippen LogP contribution is -2.38. The molecule has 0 aromatic heterocycles. The molecule has 39 heavy (non-hydrogen) atoms. The fraction of sp³-hybridized carbons (Fsp3) is 0.286. The van der Waals surface area contributed by atoms with Crippen molar-refractivity contribution in [3.63, 3.8) is 0 Å². The minimum Gasteiger partial charge on any atom is -0.325 e. The van der Waals surface area contributed by atoms with E-state index in [1.807, 2.05) is 56.3 Å². The highest BCUT2D eigenvalue weighted by atomic mass is 32.2. The molecule has 11 heteroatoms. The molecule has 3 aromatic rings. The number of nitro groups is 1. The van der Waals surface area contributed by atoms with Crippen LogP contribution in [0.2, 0.25) is 0 Å². The van der Waals surface area contributed by atoms with Gasteiger partial charge in [-0.05, 0) is 56.4 Å². The number of hydrogen-bond donors (Lipinski definition) is 1. The highest BCUT2D eigenvalue weighted by molar-refractivity contribution is 7.92. The molecule has 0 radical (unpaired) electrons. The lowest BCUT2D eigenvalue weighted by molar-refractivity contribution is -0.384. The van der Waals surface area contributed by atoms with E-state index in [0.717, 1.165) is 0 Å². The van der Waals surface area contributed by atoms with Crippen molar-refractivity contribution in [2.75, 3.05) is 42.6 Å². The lowest BCUT2D eigenvalue weighted by atomic mass is 9.90. The largest absolute Gasteiger partial charge is 0.325 e. The second kappa shape index (κ2) is 11.7. The topological polar surface area (TPSA) is 125 Å². The van der Waals surface area contributed by atoms with Crippen molar-refractivity contribution < 1.29 is 18.1 Å². The molecule has 1 amide bonds. The number of likely N-dealkylation sites (N-methyl/N-ethyl adjacent to an activating group) is 1. The number of benzene rings is 3. The van der Waals surface area contributed by atoms with Gasteiger partial charge in [0.15, 0.2) is 0 Å². The molecule has 1 atom stereocenters. The first-order valence-corrected chi connectivity index (χ1v) is 14.2. The van der Waals surface area contributed by atoms with Gasteiger partial charge in [0.1, 0.15) is 5.92 Å². The van der Waals surface area contributed by atoms with Crippen molar-refractivity contribution in [1.82, 2.24) is 4.90 Å². The average Bonchev–Trinajstić information content (AvgIpc) is 3.23. The minimum atomic E-state index is -3.50. The molecule has 4 rings (SSSR count). The lowest BCUT2D eigenvalue weighted by Gasteiger charge is -2.26. The number of amides is 1. The summed E-state index contributed by atoms with van der Waals surface area (Å²) in [6, 6.07) is 20.3. The van der Waals surface area contributed by atoms with Gasteiger partial charge in [-0.3, -0.25) is 24.2 Å². The van der Waals surface area contributed by atoms with Crippen molar-refractivity contribution >= 4 is 44.4 Å². The summed E-state index contributed by atoms with van der Waals surface area (Å²) in [6.45, 7) is 2.70. The zero-order valence-electron chi connectivity index (χ0n) is 22.1. The number of hydrogen-bond acceptors (Lipinski definition) is 7. The number of rotatable bonds is 11. The zero-order chi connectivity index (χ0) is 28.2. The maximum absolute atomic E-state index is 13.1. The second-order valence-electron chi connectivity index (χ2n) is 9.52. The van der Waals surface area contributed by atoms with E-state index in [-0.39, 0.29) is 17.3 Å². The third kappa shape index (κ3) is 6.32. The molecule has 0 fully saturated rings. The molecule has 1 aliphatic rings. The van der Waals surface area contributed by atoms with Gasteiger partial charge < -0.3 is 10.2 Å². The molecule has 1 N–H and O–H groups in total. The Labute approximate surface area is 228 Å². The Morgan fingerprint density at radius 2 is 1.72 bits per heavy atom. The predicted molar refractivity (Wildman–Crippen MR) is 154 cm³/mol. The molecule has 1 heterocycles. The van der Waals surface area contributed by atoms with Crippen LogP contribution in [0.4, 0.5) is 22.7 Å². The third-order valence-corrected chi connectivity index (χ3v) is 8.34. The smallest absolute Gasteiger partial charge is 0.269 e. The van der Waals surface area contributed by atoms with Crippen LogP contribution in [-0.4, -0.2) is 62.8 Å². The standard InChI is InChI=1S/C28H31N5O5S/c1-4-18-39(37,38)32(17-16-31(2)3)22-12-10-21(11-13-22)29-27(20-8-6-5-7-9-20)26-24-19-23(33(35)36)14-15-25(24)30-28(26)34/h5-15,19,26H,4,16-18H2,1-3H3,(H,30,34). The van der Waals surface area contributed by atoms with E-state index in [1.54, 1.807) is 24.3 Å². The van der Waals surface area contributed by atoms with Crippen LogP contribution >= 0.6 is 0 Å². The molecular weight excluding hydrogens is 518 g/mol. The fourth-order valence-corrected chi connectivity index (χ4v) is 6.00. The number of anilines is 2. The summed E-state index contributed by atoms with van der Waals surface area (Å²) in [5.74, 6) is -1.14. The second-order valence-corrected chi connectivity index (χ2v) is 11.5. The number of fused-ring (bicyclic) bond motifs is 1. The minimum absolute atomic E-state index is 0.0425. The number of carbonyl (C=O) groups is 1. The average molecular weight is 550 g/mol. The van der Waals surface area contributed by atoms with Gasteiger partial charge >= 0.3 is 0 Å². The molecule has 1 aliphatic heterocycles. The van der Waals surface area contributed by atoms with E-state index >= 15 is 0 Å². The summed E-state index contributed by atoms with van der Waals surface area (Å²) in [5.41, 5.74) is 3.05. The van der Waals surface area contributed by atoms with Crippen LogP contribution in [0.5, 0.6) is 0 Å². The Kier molecular flexibility index (Phi) is 8.41. The van der Waals surface area contributed by atoms with E-state index in [9.17, 15) is 23.3 Å². The van der Waals surface area contributed by atoms with E-state index in [4.69, 9.17) is 4.99 Å². The summed E-state index contributed by atoms with van der Waals surface area (Å²) in [6.07, 6.45) is 0.507. The van der Waals surface area contributed by atoms with E-state index < -0.39 is 20.9 Å². The molecule has 0 aliphatic carbocycles. The maximum atomic E-state index is 13.1. The number of nitrogens with zero attached hydrogens (tertiary/aromatic N) is 4. The summed E-state index contributed by atoms with van der Waals surface area (Å²) < 4.78 is 27.4. The van der Waals surface area contributed by atoms with Crippen LogP contribution in [-0.2, 0) is 14.8 Å². The molecule has 10 nitrogen and oxygen atoms in total. The van der Waals surface area contributed by atoms with Gasteiger partial charge in [0, 0.05) is 36.5 Å². The van der Waals surface area contributed by atoms with Crippen LogP contribution in [0, 0.1) is 10.1 Å². The maximum Gasteiger partial charge on any atom is 0.269 e. The first-order valence-electron chi connectivity index (χ1n) is 12.6. The summed E-state index contributed by atoms with van der Waals surface area (Å²) in [7, 11) is 0.275. The van der Waals surface area contributed by atoms with Crippen molar-refractivity contribution in [3.8, 4) is 0 Å². The summed E-state index contributed by atoms with van der Waals surface area (Å²) in [5, 5.41) is 14.2. The number of nitrogens with one attached hydrogen (secondary N) is 1. The SMILES string of the molecule is CCCS(=O)(=O)N(CCN(C)C)c1ccc(N=C(c2ccccc2)C2C(=O)Nc3ccc([N+](=O)[O-])cc32)cc1. The highest BCUT2D eigenvalue weighted by Gasteiger charge is 2.36. The van der Waals surface area contributed by atoms with Crippen LogP contribution in [0.25, 0.3) is 0 Å². The van der Waals surface area contributed by atoms with Crippen molar-refractivity contribution in [3.05, 3.63) is 94.0 Å². The molecule has 0 spiro atoms. The number of carbonyl (C=O) groups excluding carboxylic acids is 1. The van der Waals surface area contributed by atoms with Crippen molar-refractivity contribution in [1.29, 1.82) is 0 Å². The molecule has 3 aromatic carbocycles. The van der Waals surface area contributed by atoms with Crippen LogP contribution in [0.3, 0.4) is 0 Å². The van der Waals surface area contributed by atoms with Gasteiger partial charge in [-0.1, -0.05) is 37.3 Å². The summed E-state index contributed by atoms with van der Waals surface area (Å²) >= 11 is 0. The van der Waals surface area contributed by atoms with Gasteiger partial charge in [0.25, 0.3) is 5.69 Å². The van der Waals surface area contributed by atoms with E-state index in [0.29, 0.717) is 53.4 Å². The molecule has 1 unspecified atom stereocenters. The van der Waals surface area contributed by atoms with Gasteiger partial charge in [-0.15, -0.1) is 0 Å². The normalized spacial score (nSPS) is 15.2. The fourth-order valence-electron chi connectivity index (χ4n) is 4.46. The number of aliphatic imine (C=N–C) groups is 1. The molecular formula is C28H31N5O5S. The van der Waals surface area contributed by atoms with Crippen molar-refractivity contribution in [2.24, 2.45) is 4.99 Å². The molecule has 0 saturated heterocycles. The van der Waals surface area contributed by atoms with Crippen molar-refractivity contribution in [2.45, 2.75) is 19.3 Å². The molecule has 204 valence electrons. The Morgan fingerprint density at radius 3 is 2.33 bits per heavy atom. The van der Waals surface area contributed by atoms with Gasteiger partial charge in [0.2, 0.25) is 15.9 Å². The van der Waals surface area contributed by atoms with Gasteiger partial charge in [0.05, 0.1) is 27.8 Å². The van der Waals surface area contributed by atoms with Crippen LogP contribution in [0.15, 0.2) is 77.8 Å². The van der Waals surface area contributed by atoms with Gasteiger partial charge in [-0.2, -0.15) is 0 Å². The Balaban J connectivity index is 1.76. The number of non-ortho nitro benzene ring substituents is 1. The van der Waals surface area contributed by atoms with E-state index in [2.05, 4.69) is 5.32 Å². The van der Waals surface area contributed by atoms with Crippen LogP contribution in [0.1, 0.15) is 30.4 Å².